The summed E-state index contributed by atoms with van der Waals surface area (Å²) in [7, 11) is 0. The summed E-state index contributed by atoms with van der Waals surface area (Å²) >= 11 is 0. The highest BCUT2D eigenvalue weighted by atomic mass is 16.5. The summed E-state index contributed by atoms with van der Waals surface area (Å²) in [4.78, 5) is 0. The minimum absolute atomic E-state index is 0.300. The summed E-state index contributed by atoms with van der Waals surface area (Å²) in [6, 6.07) is 0. The Morgan fingerprint density at radius 1 is 1.55 bits per heavy atom. The van der Waals surface area contributed by atoms with Crippen molar-refractivity contribution in [1.82, 2.24) is 0 Å². The Morgan fingerprint density at radius 2 is 2.36 bits per heavy atom. The van der Waals surface area contributed by atoms with Crippen LogP contribution in [0.25, 0.3) is 0 Å². The lowest BCUT2D eigenvalue weighted by atomic mass is 9.95. The van der Waals surface area contributed by atoms with E-state index >= 15 is 0 Å². The summed E-state index contributed by atoms with van der Waals surface area (Å²) in [6.45, 7) is 3.49. The molecule has 1 N–H and O–H groups in total. The molecule has 0 amide bonds. The van der Waals surface area contributed by atoms with Crippen molar-refractivity contribution in [3.8, 4) is 0 Å². The van der Waals surface area contributed by atoms with E-state index in [0.717, 1.165) is 25.4 Å². The maximum absolute atomic E-state index is 8.61. The fraction of sp³-hybridized carbons (Fsp3) is 1.00. The van der Waals surface area contributed by atoms with Gasteiger partial charge in [0.25, 0.3) is 0 Å². The van der Waals surface area contributed by atoms with Crippen molar-refractivity contribution in [3.05, 3.63) is 0 Å². The molecule has 0 aromatic rings. The summed E-state index contributed by atoms with van der Waals surface area (Å²) in [5.41, 5.74) is 0. The van der Waals surface area contributed by atoms with Crippen molar-refractivity contribution in [2.45, 2.75) is 38.7 Å². The van der Waals surface area contributed by atoms with Crippen molar-refractivity contribution in [3.63, 3.8) is 0 Å². The highest BCUT2D eigenvalue weighted by Crippen LogP contribution is 2.21. The fourth-order valence-electron chi connectivity index (χ4n) is 1.59. The first-order valence-corrected chi connectivity index (χ1v) is 4.55. The Balaban J connectivity index is 2.12. The highest BCUT2D eigenvalue weighted by molar-refractivity contribution is 4.68. The molecule has 1 saturated heterocycles. The standard InChI is InChI=1S/C9H18O2/c1-8-4-6-11-9(7-8)3-2-5-10/h8-10H,2-7H2,1H3. The molecule has 0 saturated carbocycles. The molecule has 0 bridgehead atoms. The van der Waals surface area contributed by atoms with E-state index in [4.69, 9.17) is 9.84 Å². The molecular formula is C9H18O2. The van der Waals surface area contributed by atoms with Gasteiger partial charge < -0.3 is 9.84 Å². The van der Waals surface area contributed by atoms with E-state index in [1.54, 1.807) is 0 Å². The molecule has 0 aromatic heterocycles. The number of rotatable bonds is 3. The first-order chi connectivity index (χ1) is 5.33. The van der Waals surface area contributed by atoms with Crippen LogP contribution in [0.5, 0.6) is 0 Å². The van der Waals surface area contributed by atoms with Crippen LogP contribution in [0, 0.1) is 5.92 Å². The van der Waals surface area contributed by atoms with Crippen LogP contribution in [-0.4, -0.2) is 24.4 Å². The van der Waals surface area contributed by atoms with Gasteiger partial charge in [-0.1, -0.05) is 6.92 Å². The predicted molar refractivity (Wildman–Crippen MR) is 44.5 cm³/mol. The molecular weight excluding hydrogens is 140 g/mol. The van der Waals surface area contributed by atoms with E-state index in [0.29, 0.717) is 12.7 Å². The Hall–Kier alpha value is -0.0800. The maximum Gasteiger partial charge on any atom is 0.0578 e. The zero-order valence-electron chi connectivity index (χ0n) is 7.25. The lowest BCUT2D eigenvalue weighted by Gasteiger charge is -2.26. The van der Waals surface area contributed by atoms with Crippen LogP contribution in [0.4, 0.5) is 0 Å². The van der Waals surface area contributed by atoms with Crippen molar-refractivity contribution in [1.29, 1.82) is 0 Å². The van der Waals surface area contributed by atoms with Crippen LogP contribution in [-0.2, 0) is 4.74 Å². The summed E-state index contributed by atoms with van der Waals surface area (Å²) < 4.78 is 5.54. The molecule has 1 rings (SSSR count). The molecule has 1 aliphatic heterocycles. The maximum atomic E-state index is 8.61. The number of hydrogen-bond donors (Lipinski definition) is 1. The Bertz CT molecular complexity index is 104. The molecule has 66 valence electrons. The molecule has 0 radical (unpaired) electrons. The van der Waals surface area contributed by atoms with E-state index in [1.807, 2.05) is 0 Å². The average molecular weight is 158 g/mol. The van der Waals surface area contributed by atoms with E-state index in [9.17, 15) is 0 Å². The molecule has 0 aromatic carbocycles. The van der Waals surface area contributed by atoms with Gasteiger partial charge in [0.15, 0.2) is 0 Å². The average Bonchev–Trinajstić information content (AvgIpc) is 2.01. The molecule has 1 fully saturated rings. The van der Waals surface area contributed by atoms with Crippen LogP contribution in [0.3, 0.4) is 0 Å². The van der Waals surface area contributed by atoms with E-state index in [1.165, 1.54) is 12.8 Å². The van der Waals surface area contributed by atoms with Gasteiger partial charge in [-0.3, -0.25) is 0 Å². The summed E-state index contributed by atoms with van der Waals surface area (Å²) in [5.74, 6) is 0.812. The van der Waals surface area contributed by atoms with Gasteiger partial charge in [-0.25, -0.2) is 0 Å². The predicted octanol–water partition coefficient (Wildman–Crippen LogP) is 1.57. The van der Waals surface area contributed by atoms with Gasteiger partial charge in [0.05, 0.1) is 6.10 Å². The van der Waals surface area contributed by atoms with Gasteiger partial charge in [0.1, 0.15) is 0 Å². The molecule has 2 heteroatoms. The fourth-order valence-corrected chi connectivity index (χ4v) is 1.59. The molecule has 2 unspecified atom stereocenters. The highest BCUT2D eigenvalue weighted by Gasteiger charge is 2.18. The number of aliphatic hydroxyl groups excluding tert-OH is 1. The Morgan fingerprint density at radius 3 is 3.00 bits per heavy atom. The second kappa shape index (κ2) is 4.73. The molecule has 1 aliphatic rings. The van der Waals surface area contributed by atoms with E-state index in [2.05, 4.69) is 6.92 Å². The minimum atomic E-state index is 0.300. The topological polar surface area (TPSA) is 29.5 Å². The van der Waals surface area contributed by atoms with Gasteiger partial charge in [-0.15, -0.1) is 0 Å². The van der Waals surface area contributed by atoms with Crippen LogP contribution in [0.2, 0.25) is 0 Å². The Labute approximate surface area is 68.6 Å². The van der Waals surface area contributed by atoms with Crippen molar-refractivity contribution < 1.29 is 9.84 Å². The van der Waals surface area contributed by atoms with Crippen LogP contribution < -0.4 is 0 Å². The number of hydrogen-bond acceptors (Lipinski definition) is 2. The molecule has 0 spiro atoms. The second-order valence-electron chi connectivity index (χ2n) is 3.49. The van der Waals surface area contributed by atoms with Crippen molar-refractivity contribution >= 4 is 0 Å². The third-order valence-corrected chi connectivity index (χ3v) is 2.31. The molecule has 11 heavy (non-hydrogen) atoms. The van der Waals surface area contributed by atoms with Gasteiger partial charge in [0, 0.05) is 13.2 Å². The largest absolute Gasteiger partial charge is 0.396 e. The first kappa shape index (κ1) is 9.01. The van der Waals surface area contributed by atoms with E-state index < -0.39 is 0 Å². The zero-order valence-corrected chi connectivity index (χ0v) is 7.25. The second-order valence-corrected chi connectivity index (χ2v) is 3.49. The normalized spacial score (nSPS) is 32.2. The van der Waals surface area contributed by atoms with Gasteiger partial charge in [-0.05, 0) is 31.6 Å². The summed E-state index contributed by atoms with van der Waals surface area (Å²) in [5, 5.41) is 8.61. The van der Waals surface area contributed by atoms with Crippen molar-refractivity contribution in [2.75, 3.05) is 13.2 Å². The number of aliphatic hydroxyl groups is 1. The lowest BCUT2D eigenvalue weighted by Crippen LogP contribution is -2.24. The number of ether oxygens (including phenoxy) is 1. The minimum Gasteiger partial charge on any atom is -0.396 e. The van der Waals surface area contributed by atoms with Gasteiger partial charge in [-0.2, -0.15) is 0 Å². The van der Waals surface area contributed by atoms with Crippen LogP contribution in [0.15, 0.2) is 0 Å². The monoisotopic (exact) mass is 158 g/mol. The van der Waals surface area contributed by atoms with Gasteiger partial charge in [0.2, 0.25) is 0 Å². The van der Waals surface area contributed by atoms with Gasteiger partial charge >= 0.3 is 0 Å². The van der Waals surface area contributed by atoms with Crippen LogP contribution in [0.1, 0.15) is 32.6 Å². The first-order valence-electron chi connectivity index (χ1n) is 4.55. The molecule has 1 heterocycles. The lowest BCUT2D eigenvalue weighted by molar-refractivity contribution is -0.0122. The third kappa shape index (κ3) is 3.21. The quantitative estimate of drug-likeness (QED) is 0.675. The summed E-state index contributed by atoms with van der Waals surface area (Å²) in [6.07, 6.45) is 4.72. The SMILES string of the molecule is CC1CCOC(CCCO)C1. The van der Waals surface area contributed by atoms with Crippen LogP contribution >= 0.6 is 0 Å². The zero-order chi connectivity index (χ0) is 8.10. The third-order valence-electron chi connectivity index (χ3n) is 2.31. The molecule has 2 nitrogen and oxygen atoms in total. The molecule has 2 atom stereocenters. The smallest absolute Gasteiger partial charge is 0.0578 e. The van der Waals surface area contributed by atoms with E-state index in [-0.39, 0.29) is 0 Å². The van der Waals surface area contributed by atoms with Crippen molar-refractivity contribution in [2.24, 2.45) is 5.92 Å². The molecule has 0 aliphatic carbocycles. The Kier molecular flexibility index (Phi) is 3.87.